The van der Waals surface area contributed by atoms with E-state index in [-0.39, 0.29) is 5.91 Å². The number of aryl methyl sites for hydroxylation is 3. The molecule has 2 aromatic carbocycles. The number of nitrogens with zero attached hydrogens (tertiary/aromatic N) is 3. The fraction of sp³-hybridized carbons (Fsp3) is 0.273. The van der Waals surface area contributed by atoms with Gasteiger partial charge in [0, 0.05) is 12.7 Å². The maximum atomic E-state index is 12.7. The van der Waals surface area contributed by atoms with E-state index < -0.39 is 0 Å². The van der Waals surface area contributed by atoms with Crippen LogP contribution in [0.5, 0.6) is 5.75 Å². The van der Waals surface area contributed by atoms with Gasteiger partial charge in [0.1, 0.15) is 12.4 Å². The Balaban J connectivity index is 1.62. The summed E-state index contributed by atoms with van der Waals surface area (Å²) in [6, 6.07) is 17.7. The second-order valence-electron chi connectivity index (χ2n) is 6.82. The molecule has 1 heterocycles. The molecular weight excluding hydrogens is 338 g/mol. The van der Waals surface area contributed by atoms with Gasteiger partial charge in [-0.25, -0.2) is 4.68 Å². The summed E-state index contributed by atoms with van der Waals surface area (Å²) in [5.41, 5.74) is 4.62. The predicted octanol–water partition coefficient (Wildman–Crippen LogP) is 3.95. The van der Waals surface area contributed by atoms with Crippen molar-refractivity contribution in [3.63, 3.8) is 0 Å². The highest BCUT2D eigenvalue weighted by molar-refractivity contribution is 5.92. The Morgan fingerprint density at radius 2 is 1.70 bits per heavy atom. The number of para-hydroxylation sites is 1. The molecule has 5 heteroatoms. The van der Waals surface area contributed by atoms with Gasteiger partial charge in [0.2, 0.25) is 0 Å². The van der Waals surface area contributed by atoms with Crippen LogP contribution in [0.25, 0.3) is 5.69 Å². The third-order valence-corrected chi connectivity index (χ3v) is 4.34. The SMILES string of the molecule is Cc1cc(C)cc(OCCN(C)C(=O)c2cc(C)n(-c3ccccc3)n2)c1. The van der Waals surface area contributed by atoms with Crippen LogP contribution in [0.2, 0.25) is 0 Å². The molecule has 0 saturated carbocycles. The fourth-order valence-electron chi connectivity index (χ4n) is 3.02. The summed E-state index contributed by atoms with van der Waals surface area (Å²) in [6.07, 6.45) is 0. The Morgan fingerprint density at radius 3 is 2.37 bits per heavy atom. The first-order valence-electron chi connectivity index (χ1n) is 9.02. The van der Waals surface area contributed by atoms with Crippen molar-refractivity contribution in [2.45, 2.75) is 20.8 Å². The molecule has 0 N–H and O–H groups in total. The van der Waals surface area contributed by atoms with Crippen LogP contribution in [0, 0.1) is 20.8 Å². The van der Waals surface area contributed by atoms with Crippen LogP contribution in [0.3, 0.4) is 0 Å². The van der Waals surface area contributed by atoms with E-state index in [1.54, 1.807) is 16.6 Å². The Bertz CT molecular complexity index is 912. The van der Waals surface area contributed by atoms with Crippen LogP contribution in [0.4, 0.5) is 0 Å². The van der Waals surface area contributed by atoms with Crippen LogP contribution < -0.4 is 4.74 Å². The largest absolute Gasteiger partial charge is 0.492 e. The molecule has 0 aliphatic heterocycles. The van der Waals surface area contributed by atoms with Gasteiger partial charge in [-0.05, 0) is 62.2 Å². The smallest absolute Gasteiger partial charge is 0.274 e. The van der Waals surface area contributed by atoms with E-state index in [9.17, 15) is 4.79 Å². The Morgan fingerprint density at radius 1 is 1.04 bits per heavy atom. The predicted molar refractivity (Wildman–Crippen MR) is 107 cm³/mol. The molecule has 0 spiro atoms. The zero-order valence-electron chi connectivity index (χ0n) is 16.3. The van der Waals surface area contributed by atoms with Crippen molar-refractivity contribution < 1.29 is 9.53 Å². The van der Waals surface area contributed by atoms with Crippen molar-refractivity contribution in [2.24, 2.45) is 0 Å². The standard InChI is InChI=1S/C22H25N3O2/c1-16-12-17(2)14-20(13-16)27-11-10-24(4)22(26)21-15-18(3)25(23-21)19-8-6-5-7-9-19/h5-9,12-15H,10-11H2,1-4H3. The van der Waals surface area contributed by atoms with E-state index in [0.717, 1.165) is 28.3 Å². The van der Waals surface area contributed by atoms with Gasteiger partial charge in [-0.2, -0.15) is 5.10 Å². The van der Waals surface area contributed by atoms with Gasteiger partial charge in [0.05, 0.1) is 12.2 Å². The molecule has 0 aliphatic carbocycles. The topological polar surface area (TPSA) is 47.4 Å². The van der Waals surface area contributed by atoms with Gasteiger partial charge in [-0.1, -0.05) is 24.3 Å². The lowest BCUT2D eigenvalue weighted by Crippen LogP contribution is -2.31. The lowest BCUT2D eigenvalue weighted by molar-refractivity contribution is 0.0767. The summed E-state index contributed by atoms with van der Waals surface area (Å²) in [6.45, 7) is 6.95. The third kappa shape index (κ3) is 4.56. The molecule has 0 radical (unpaired) electrons. The van der Waals surface area contributed by atoms with Crippen LogP contribution in [0.15, 0.2) is 54.6 Å². The molecule has 0 unspecified atom stereocenters. The highest BCUT2D eigenvalue weighted by Gasteiger charge is 2.17. The first-order chi connectivity index (χ1) is 12.9. The zero-order chi connectivity index (χ0) is 19.4. The highest BCUT2D eigenvalue weighted by atomic mass is 16.5. The number of carbonyl (C=O) groups is 1. The van der Waals surface area contributed by atoms with Gasteiger partial charge >= 0.3 is 0 Å². The number of ether oxygens (including phenoxy) is 1. The summed E-state index contributed by atoms with van der Waals surface area (Å²) in [5.74, 6) is 0.717. The maximum absolute atomic E-state index is 12.7. The summed E-state index contributed by atoms with van der Waals surface area (Å²) in [7, 11) is 1.77. The monoisotopic (exact) mass is 363 g/mol. The van der Waals surface area contributed by atoms with Crippen LogP contribution in [-0.2, 0) is 0 Å². The van der Waals surface area contributed by atoms with Gasteiger partial charge in [0.15, 0.2) is 5.69 Å². The maximum Gasteiger partial charge on any atom is 0.274 e. The summed E-state index contributed by atoms with van der Waals surface area (Å²) in [5, 5.41) is 4.48. The Kier molecular flexibility index (Phi) is 5.60. The summed E-state index contributed by atoms with van der Waals surface area (Å²) < 4.78 is 7.59. The second-order valence-corrected chi connectivity index (χ2v) is 6.82. The fourth-order valence-corrected chi connectivity index (χ4v) is 3.02. The molecule has 0 aliphatic rings. The van der Waals surface area contributed by atoms with Crippen LogP contribution in [0.1, 0.15) is 27.3 Å². The van der Waals surface area contributed by atoms with Gasteiger partial charge in [0.25, 0.3) is 5.91 Å². The first-order valence-corrected chi connectivity index (χ1v) is 9.02. The van der Waals surface area contributed by atoms with E-state index in [2.05, 4.69) is 11.2 Å². The molecule has 5 nitrogen and oxygen atoms in total. The Labute approximate surface area is 160 Å². The number of hydrogen-bond acceptors (Lipinski definition) is 3. The minimum atomic E-state index is -0.114. The molecule has 1 amide bonds. The van der Waals surface area contributed by atoms with E-state index in [0.29, 0.717) is 18.8 Å². The average Bonchev–Trinajstić information content (AvgIpc) is 3.02. The number of amides is 1. The summed E-state index contributed by atoms with van der Waals surface area (Å²) >= 11 is 0. The molecule has 3 aromatic rings. The van der Waals surface area contributed by atoms with E-state index >= 15 is 0 Å². The second kappa shape index (κ2) is 8.08. The number of benzene rings is 2. The van der Waals surface area contributed by atoms with Gasteiger partial charge in [-0.3, -0.25) is 4.79 Å². The highest BCUT2D eigenvalue weighted by Crippen LogP contribution is 2.16. The van der Waals surface area contributed by atoms with E-state index in [1.807, 2.05) is 69.3 Å². The quantitative estimate of drug-likeness (QED) is 0.666. The zero-order valence-corrected chi connectivity index (χ0v) is 16.3. The van der Waals surface area contributed by atoms with Crippen LogP contribution in [-0.4, -0.2) is 40.8 Å². The third-order valence-electron chi connectivity index (χ3n) is 4.34. The molecule has 3 rings (SSSR count). The minimum absolute atomic E-state index is 0.114. The van der Waals surface area contributed by atoms with Crippen molar-refractivity contribution in [2.75, 3.05) is 20.2 Å². The average molecular weight is 363 g/mol. The van der Waals surface area contributed by atoms with Crippen molar-refractivity contribution in [1.82, 2.24) is 14.7 Å². The minimum Gasteiger partial charge on any atom is -0.492 e. The first kappa shape index (κ1) is 18.7. The number of aromatic nitrogens is 2. The lowest BCUT2D eigenvalue weighted by atomic mass is 10.1. The molecule has 0 atom stereocenters. The molecule has 0 bridgehead atoms. The summed E-state index contributed by atoms with van der Waals surface area (Å²) in [4.78, 5) is 14.3. The molecule has 140 valence electrons. The number of carbonyl (C=O) groups excluding carboxylic acids is 1. The van der Waals surface area contributed by atoms with Crippen LogP contribution >= 0.6 is 0 Å². The molecular formula is C22H25N3O2. The van der Waals surface area contributed by atoms with Gasteiger partial charge in [-0.15, -0.1) is 0 Å². The number of hydrogen-bond donors (Lipinski definition) is 0. The molecule has 0 fully saturated rings. The van der Waals surface area contributed by atoms with E-state index in [1.165, 1.54) is 0 Å². The lowest BCUT2D eigenvalue weighted by Gasteiger charge is -2.16. The van der Waals surface area contributed by atoms with Crippen molar-refractivity contribution in [3.05, 3.63) is 77.1 Å². The number of rotatable bonds is 6. The van der Waals surface area contributed by atoms with Crippen molar-refractivity contribution in [1.29, 1.82) is 0 Å². The van der Waals surface area contributed by atoms with Crippen molar-refractivity contribution in [3.8, 4) is 11.4 Å². The molecule has 1 aromatic heterocycles. The molecule has 0 saturated heterocycles. The number of likely N-dealkylation sites (N-methyl/N-ethyl adjacent to an activating group) is 1. The van der Waals surface area contributed by atoms with E-state index in [4.69, 9.17) is 4.74 Å². The Hall–Kier alpha value is -3.08. The molecule has 27 heavy (non-hydrogen) atoms. The normalized spacial score (nSPS) is 10.7. The van der Waals surface area contributed by atoms with Gasteiger partial charge < -0.3 is 9.64 Å². The van der Waals surface area contributed by atoms with Crippen molar-refractivity contribution >= 4 is 5.91 Å².